The van der Waals surface area contributed by atoms with Gasteiger partial charge in [0.05, 0.1) is 12.4 Å². The Morgan fingerprint density at radius 2 is 1.68 bits per heavy atom. The van der Waals surface area contributed by atoms with Gasteiger partial charge in [0, 0.05) is 7.05 Å². The maximum Gasteiger partial charge on any atom is 0.516 e. The molecular formula is C21H22N2O5. The zero-order valence-electron chi connectivity index (χ0n) is 15.8. The second-order valence-corrected chi connectivity index (χ2v) is 5.67. The third-order valence-electron chi connectivity index (χ3n) is 3.80. The molecule has 2 aromatic rings. The van der Waals surface area contributed by atoms with Gasteiger partial charge in [-0.3, -0.25) is 4.99 Å². The average Bonchev–Trinajstić information content (AvgIpc) is 2.72. The third kappa shape index (κ3) is 5.98. The van der Waals surface area contributed by atoms with Gasteiger partial charge in [-0.2, -0.15) is 0 Å². The van der Waals surface area contributed by atoms with Crippen LogP contribution in [0.2, 0.25) is 0 Å². The molecule has 0 unspecified atom stereocenters. The van der Waals surface area contributed by atoms with Crippen molar-refractivity contribution in [3.8, 4) is 5.75 Å². The molecule has 0 aliphatic heterocycles. The van der Waals surface area contributed by atoms with Gasteiger partial charge >= 0.3 is 12.1 Å². The monoisotopic (exact) mass is 382 g/mol. The van der Waals surface area contributed by atoms with Gasteiger partial charge in [0.15, 0.2) is 0 Å². The summed E-state index contributed by atoms with van der Waals surface area (Å²) in [4.78, 5) is 29.4. The van der Waals surface area contributed by atoms with Crippen molar-refractivity contribution in [2.24, 2.45) is 4.99 Å². The molecule has 0 amide bonds. The van der Waals surface area contributed by atoms with E-state index in [1.54, 1.807) is 42.3 Å². The van der Waals surface area contributed by atoms with Crippen molar-refractivity contribution in [1.82, 2.24) is 4.90 Å². The number of para-hydroxylation sites is 1. The molecule has 0 N–H and O–H groups in total. The topological polar surface area (TPSA) is 77.4 Å². The van der Waals surface area contributed by atoms with Gasteiger partial charge in [0.1, 0.15) is 11.4 Å². The number of carbonyl (C=O) groups is 2. The lowest BCUT2D eigenvalue weighted by atomic mass is 10.1. The Morgan fingerprint density at radius 1 is 1.07 bits per heavy atom. The van der Waals surface area contributed by atoms with Crippen molar-refractivity contribution in [2.75, 3.05) is 13.8 Å². The van der Waals surface area contributed by atoms with E-state index >= 15 is 0 Å². The van der Waals surface area contributed by atoms with Crippen LogP contribution in [0, 0.1) is 0 Å². The van der Waals surface area contributed by atoms with E-state index in [4.69, 9.17) is 14.2 Å². The van der Waals surface area contributed by atoms with Gasteiger partial charge in [0.25, 0.3) is 0 Å². The number of ether oxygens (including phenoxy) is 3. The molecular weight excluding hydrogens is 360 g/mol. The van der Waals surface area contributed by atoms with E-state index in [0.29, 0.717) is 5.75 Å². The summed E-state index contributed by atoms with van der Waals surface area (Å²) in [5.74, 6) is -0.416. The zero-order chi connectivity index (χ0) is 20.4. The Hall–Kier alpha value is -3.61. The van der Waals surface area contributed by atoms with E-state index < -0.39 is 18.9 Å². The highest BCUT2D eigenvalue weighted by molar-refractivity contribution is 5.90. The van der Waals surface area contributed by atoms with Gasteiger partial charge in [-0.1, -0.05) is 55.1 Å². The van der Waals surface area contributed by atoms with Gasteiger partial charge in [-0.25, -0.2) is 9.59 Å². The van der Waals surface area contributed by atoms with Crippen LogP contribution in [0.25, 0.3) is 0 Å². The van der Waals surface area contributed by atoms with E-state index in [1.807, 2.05) is 37.3 Å². The first-order valence-electron chi connectivity index (χ1n) is 8.54. The lowest BCUT2D eigenvalue weighted by Gasteiger charge is -2.27. The van der Waals surface area contributed by atoms with Crippen LogP contribution in [0.4, 0.5) is 4.79 Å². The van der Waals surface area contributed by atoms with Crippen LogP contribution in [0.1, 0.15) is 18.5 Å². The van der Waals surface area contributed by atoms with Crippen LogP contribution in [0.3, 0.4) is 0 Å². The van der Waals surface area contributed by atoms with E-state index in [0.717, 1.165) is 5.56 Å². The second-order valence-electron chi connectivity index (χ2n) is 5.67. The summed E-state index contributed by atoms with van der Waals surface area (Å²) >= 11 is 0. The molecule has 0 fully saturated rings. The van der Waals surface area contributed by atoms with Gasteiger partial charge in [-0.15, -0.1) is 0 Å². The van der Waals surface area contributed by atoms with E-state index in [-0.39, 0.29) is 11.7 Å². The Balaban J connectivity index is 1.88. The Labute approximate surface area is 163 Å². The number of hydrogen-bond acceptors (Lipinski definition) is 6. The summed E-state index contributed by atoms with van der Waals surface area (Å²) in [6.45, 7) is 5.08. The highest BCUT2D eigenvalue weighted by Crippen LogP contribution is 2.22. The fourth-order valence-corrected chi connectivity index (χ4v) is 2.35. The standard InChI is InChI=1S/C21H22N2O5/c1-16(18-10-6-4-7-11-18)23(14-22-3)17(2)20(24)26-15-27-21(25)28-19-12-8-5-9-13-19/h4-14,16H,2,15H2,1,3H3/b22-14-/t16-/m1/s1. The number of benzene rings is 2. The predicted molar refractivity (Wildman–Crippen MR) is 105 cm³/mol. The van der Waals surface area contributed by atoms with Crippen LogP contribution in [-0.4, -0.2) is 37.2 Å². The van der Waals surface area contributed by atoms with Crippen molar-refractivity contribution in [3.63, 3.8) is 0 Å². The van der Waals surface area contributed by atoms with Crippen molar-refractivity contribution < 1.29 is 23.8 Å². The summed E-state index contributed by atoms with van der Waals surface area (Å²) < 4.78 is 14.6. The quantitative estimate of drug-likeness (QED) is 0.172. The Morgan fingerprint density at radius 3 is 2.29 bits per heavy atom. The molecule has 7 heteroatoms. The van der Waals surface area contributed by atoms with Crippen LogP contribution < -0.4 is 4.74 Å². The third-order valence-corrected chi connectivity index (χ3v) is 3.80. The highest BCUT2D eigenvalue weighted by atomic mass is 16.8. The number of rotatable bonds is 8. The number of carbonyl (C=O) groups excluding carboxylic acids is 2. The van der Waals surface area contributed by atoms with Gasteiger partial charge in [0.2, 0.25) is 6.79 Å². The second kappa shape index (κ2) is 10.5. The summed E-state index contributed by atoms with van der Waals surface area (Å²) in [5, 5.41) is 0. The van der Waals surface area contributed by atoms with Crippen LogP contribution in [0.15, 0.2) is 77.9 Å². The molecule has 0 radical (unpaired) electrons. The fraction of sp³-hybridized carbons (Fsp3) is 0.190. The summed E-state index contributed by atoms with van der Waals surface area (Å²) in [6, 6.07) is 17.8. The molecule has 0 saturated heterocycles. The van der Waals surface area contributed by atoms with Crippen molar-refractivity contribution >= 4 is 18.5 Å². The number of nitrogens with zero attached hydrogens (tertiary/aromatic N) is 2. The molecule has 1 atom stereocenters. The number of aliphatic imine (C=N–C) groups is 1. The molecule has 0 aromatic heterocycles. The molecule has 146 valence electrons. The summed E-state index contributed by atoms with van der Waals surface area (Å²) in [5.41, 5.74) is 1.03. The molecule has 2 aromatic carbocycles. The molecule has 28 heavy (non-hydrogen) atoms. The lowest BCUT2D eigenvalue weighted by molar-refractivity contribution is -0.149. The van der Waals surface area contributed by atoms with Crippen LogP contribution in [0.5, 0.6) is 5.75 Å². The van der Waals surface area contributed by atoms with E-state index in [9.17, 15) is 9.59 Å². The van der Waals surface area contributed by atoms with Crippen molar-refractivity contribution in [1.29, 1.82) is 0 Å². The van der Waals surface area contributed by atoms with Gasteiger partial charge in [-0.05, 0) is 24.6 Å². The minimum atomic E-state index is -0.978. The minimum absolute atomic E-state index is 0.0574. The maximum atomic E-state index is 12.3. The smallest absolute Gasteiger partial charge is 0.423 e. The van der Waals surface area contributed by atoms with Crippen molar-refractivity contribution in [3.05, 3.63) is 78.5 Å². The molecule has 0 bridgehead atoms. The minimum Gasteiger partial charge on any atom is -0.423 e. The molecule has 0 spiro atoms. The highest BCUT2D eigenvalue weighted by Gasteiger charge is 2.22. The molecule has 0 aliphatic carbocycles. The first-order chi connectivity index (χ1) is 13.5. The zero-order valence-corrected chi connectivity index (χ0v) is 15.8. The molecule has 0 heterocycles. The summed E-state index contributed by atoms with van der Waals surface area (Å²) in [7, 11) is 1.59. The summed E-state index contributed by atoms with van der Waals surface area (Å²) in [6.07, 6.45) is 0.514. The number of esters is 1. The van der Waals surface area contributed by atoms with Crippen LogP contribution in [-0.2, 0) is 14.3 Å². The Kier molecular flexibility index (Phi) is 7.77. The SMILES string of the molecule is C=C(C(=O)OCOC(=O)Oc1ccccc1)N(/C=N\C)[C@H](C)c1ccccc1. The van der Waals surface area contributed by atoms with Crippen molar-refractivity contribution in [2.45, 2.75) is 13.0 Å². The normalized spacial score (nSPS) is 11.5. The largest absolute Gasteiger partial charge is 0.516 e. The average molecular weight is 382 g/mol. The first kappa shape index (κ1) is 20.7. The Bertz CT molecular complexity index is 821. The predicted octanol–water partition coefficient (Wildman–Crippen LogP) is 3.94. The molecule has 0 aliphatic rings. The van der Waals surface area contributed by atoms with Crippen LogP contribution >= 0.6 is 0 Å². The van der Waals surface area contributed by atoms with E-state index in [1.165, 1.54) is 6.34 Å². The molecule has 0 saturated carbocycles. The van der Waals surface area contributed by atoms with E-state index in [2.05, 4.69) is 11.6 Å². The maximum absolute atomic E-state index is 12.3. The molecule has 7 nitrogen and oxygen atoms in total. The first-order valence-corrected chi connectivity index (χ1v) is 8.54. The number of hydrogen-bond donors (Lipinski definition) is 0. The molecule has 2 rings (SSSR count). The fourth-order valence-electron chi connectivity index (χ4n) is 2.35. The lowest BCUT2D eigenvalue weighted by Crippen LogP contribution is -2.30. The van der Waals surface area contributed by atoms with Gasteiger partial charge < -0.3 is 19.1 Å².